The maximum absolute atomic E-state index is 4.49. The van der Waals surface area contributed by atoms with Crippen molar-refractivity contribution in [2.75, 3.05) is 27.2 Å². The van der Waals surface area contributed by atoms with Crippen LogP contribution in [0.1, 0.15) is 36.5 Å². The number of rotatable bonds is 7. The lowest BCUT2D eigenvalue weighted by Crippen LogP contribution is -2.21. The van der Waals surface area contributed by atoms with E-state index in [0.29, 0.717) is 6.04 Å². The summed E-state index contributed by atoms with van der Waals surface area (Å²) in [5.74, 6) is 0. The summed E-state index contributed by atoms with van der Waals surface area (Å²) in [6.07, 6.45) is 2.48. The average molecular weight is 241 g/mol. The van der Waals surface area contributed by atoms with Crippen molar-refractivity contribution in [1.82, 2.24) is 15.2 Å². The second-order valence-corrected chi connectivity index (χ2v) is 5.54. The van der Waals surface area contributed by atoms with Gasteiger partial charge in [0.2, 0.25) is 0 Å². The summed E-state index contributed by atoms with van der Waals surface area (Å²) in [7, 11) is 4.24. The van der Waals surface area contributed by atoms with Gasteiger partial charge in [0.05, 0.1) is 10.7 Å². The first kappa shape index (κ1) is 13.6. The molecule has 0 bridgehead atoms. The lowest BCUT2D eigenvalue weighted by Gasteiger charge is -2.12. The van der Waals surface area contributed by atoms with Crippen LogP contribution < -0.4 is 5.32 Å². The third-order valence-electron chi connectivity index (χ3n) is 2.56. The molecule has 0 amide bonds. The molecular formula is C12H23N3S. The molecule has 0 aromatic carbocycles. The van der Waals surface area contributed by atoms with Gasteiger partial charge in [0, 0.05) is 11.4 Å². The predicted molar refractivity (Wildman–Crippen MR) is 71.1 cm³/mol. The van der Waals surface area contributed by atoms with Crippen molar-refractivity contribution < 1.29 is 0 Å². The van der Waals surface area contributed by atoms with E-state index in [-0.39, 0.29) is 0 Å². The van der Waals surface area contributed by atoms with Crippen LogP contribution in [0.4, 0.5) is 0 Å². The SMILES string of the molecule is Cc1nc(C(C)NCCCCN(C)C)cs1. The number of unbranched alkanes of at least 4 members (excludes halogenated alkanes) is 1. The largest absolute Gasteiger partial charge is 0.309 e. The summed E-state index contributed by atoms with van der Waals surface area (Å²) in [5, 5.41) is 6.81. The van der Waals surface area contributed by atoms with Gasteiger partial charge < -0.3 is 10.2 Å². The Balaban J connectivity index is 2.13. The molecule has 0 aliphatic heterocycles. The molecule has 0 aliphatic rings. The summed E-state index contributed by atoms with van der Waals surface area (Å²) in [6.45, 7) is 6.48. The van der Waals surface area contributed by atoms with Crippen LogP contribution in [0.15, 0.2) is 5.38 Å². The van der Waals surface area contributed by atoms with Crippen molar-refractivity contribution in [3.63, 3.8) is 0 Å². The van der Waals surface area contributed by atoms with E-state index in [1.165, 1.54) is 25.1 Å². The molecule has 1 heterocycles. The van der Waals surface area contributed by atoms with Crippen LogP contribution in [-0.4, -0.2) is 37.1 Å². The molecule has 0 radical (unpaired) electrons. The summed E-state index contributed by atoms with van der Waals surface area (Å²) in [6, 6.07) is 0.379. The highest BCUT2D eigenvalue weighted by molar-refractivity contribution is 7.09. The average Bonchev–Trinajstić information content (AvgIpc) is 2.63. The lowest BCUT2D eigenvalue weighted by molar-refractivity contribution is 0.389. The number of hydrogen-bond acceptors (Lipinski definition) is 4. The van der Waals surface area contributed by atoms with E-state index >= 15 is 0 Å². The van der Waals surface area contributed by atoms with Crippen molar-refractivity contribution >= 4 is 11.3 Å². The van der Waals surface area contributed by atoms with Gasteiger partial charge in [-0.25, -0.2) is 4.98 Å². The van der Waals surface area contributed by atoms with Crippen LogP contribution >= 0.6 is 11.3 Å². The first-order chi connectivity index (χ1) is 7.59. The van der Waals surface area contributed by atoms with E-state index in [4.69, 9.17) is 0 Å². The second kappa shape index (κ2) is 6.99. The fourth-order valence-corrected chi connectivity index (χ4v) is 2.26. The Hall–Kier alpha value is -0.450. The van der Waals surface area contributed by atoms with E-state index in [1.807, 2.05) is 0 Å². The molecule has 3 nitrogen and oxygen atoms in total. The monoisotopic (exact) mass is 241 g/mol. The van der Waals surface area contributed by atoms with Gasteiger partial charge in [-0.2, -0.15) is 0 Å². The molecule has 1 atom stereocenters. The van der Waals surface area contributed by atoms with Gasteiger partial charge in [-0.15, -0.1) is 11.3 Å². The van der Waals surface area contributed by atoms with Gasteiger partial charge in [0.15, 0.2) is 0 Å². The third kappa shape index (κ3) is 5.05. The van der Waals surface area contributed by atoms with Crippen LogP contribution in [0.2, 0.25) is 0 Å². The van der Waals surface area contributed by atoms with E-state index in [2.05, 4.69) is 48.5 Å². The molecule has 0 fully saturated rings. The van der Waals surface area contributed by atoms with Gasteiger partial charge in [-0.3, -0.25) is 0 Å². The second-order valence-electron chi connectivity index (χ2n) is 4.48. The van der Waals surface area contributed by atoms with E-state index < -0.39 is 0 Å². The van der Waals surface area contributed by atoms with Crippen LogP contribution in [0, 0.1) is 6.92 Å². The number of thiazole rings is 1. The zero-order valence-electron chi connectivity index (χ0n) is 10.8. The third-order valence-corrected chi connectivity index (χ3v) is 3.35. The van der Waals surface area contributed by atoms with E-state index in [1.54, 1.807) is 11.3 Å². The summed E-state index contributed by atoms with van der Waals surface area (Å²) >= 11 is 1.72. The van der Waals surface area contributed by atoms with Gasteiger partial charge in [0.25, 0.3) is 0 Å². The molecule has 92 valence electrons. The van der Waals surface area contributed by atoms with Gasteiger partial charge in [-0.05, 0) is 53.9 Å². The predicted octanol–water partition coefficient (Wildman–Crippen LogP) is 2.44. The summed E-state index contributed by atoms with van der Waals surface area (Å²) < 4.78 is 0. The van der Waals surface area contributed by atoms with Crippen LogP contribution in [0.5, 0.6) is 0 Å². The first-order valence-corrected chi connectivity index (χ1v) is 6.77. The molecule has 1 aromatic rings. The maximum atomic E-state index is 4.49. The number of aryl methyl sites for hydroxylation is 1. The smallest absolute Gasteiger partial charge is 0.0898 e. The molecule has 1 rings (SSSR count). The number of aromatic nitrogens is 1. The Kier molecular flexibility index (Phi) is 5.95. The van der Waals surface area contributed by atoms with E-state index in [9.17, 15) is 0 Å². The number of nitrogens with zero attached hydrogens (tertiary/aromatic N) is 2. The van der Waals surface area contributed by atoms with Crippen molar-refractivity contribution in [2.24, 2.45) is 0 Å². The minimum atomic E-state index is 0.379. The highest BCUT2D eigenvalue weighted by Gasteiger charge is 2.07. The Labute approximate surface area is 103 Å². The molecule has 0 aliphatic carbocycles. The molecule has 1 aromatic heterocycles. The Bertz CT molecular complexity index is 296. The van der Waals surface area contributed by atoms with Crippen molar-refractivity contribution in [3.05, 3.63) is 16.1 Å². The highest BCUT2D eigenvalue weighted by Crippen LogP contribution is 2.15. The van der Waals surface area contributed by atoms with Crippen LogP contribution in [0.25, 0.3) is 0 Å². The molecule has 16 heavy (non-hydrogen) atoms. The molecular weight excluding hydrogens is 218 g/mol. The molecule has 1 N–H and O–H groups in total. The highest BCUT2D eigenvalue weighted by atomic mass is 32.1. The zero-order chi connectivity index (χ0) is 12.0. The van der Waals surface area contributed by atoms with Crippen LogP contribution in [-0.2, 0) is 0 Å². The van der Waals surface area contributed by atoms with Gasteiger partial charge in [-0.1, -0.05) is 0 Å². The topological polar surface area (TPSA) is 28.2 Å². The molecule has 1 unspecified atom stereocenters. The fraction of sp³-hybridized carbons (Fsp3) is 0.750. The van der Waals surface area contributed by atoms with Crippen molar-refractivity contribution in [2.45, 2.75) is 32.7 Å². The normalized spacial score (nSPS) is 13.3. The maximum Gasteiger partial charge on any atom is 0.0898 e. The van der Waals surface area contributed by atoms with Crippen LogP contribution in [0.3, 0.4) is 0 Å². The van der Waals surface area contributed by atoms with Gasteiger partial charge >= 0.3 is 0 Å². The molecule has 0 saturated carbocycles. The number of nitrogens with one attached hydrogen (secondary N) is 1. The molecule has 4 heteroatoms. The lowest BCUT2D eigenvalue weighted by atomic mass is 10.2. The molecule has 0 saturated heterocycles. The minimum absolute atomic E-state index is 0.379. The Morgan fingerprint density at radius 2 is 2.19 bits per heavy atom. The van der Waals surface area contributed by atoms with E-state index in [0.717, 1.165) is 11.6 Å². The number of hydrogen-bond donors (Lipinski definition) is 1. The van der Waals surface area contributed by atoms with Gasteiger partial charge in [0.1, 0.15) is 0 Å². The summed E-state index contributed by atoms with van der Waals surface area (Å²) in [5.41, 5.74) is 1.18. The minimum Gasteiger partial charge on any atom is -0.309 e. The zero-order valence-corrected chi connectivity index (χ0v) is 11.6. The Morgan fingerprint density at radius 1 is 1.44 bits per heavy atom. The summed E-state index contributed by atoms with van der Waals surface area (Å²) in [4.78, 5) is 6.71. The fourth-order valence-electron chi connectivity index (χ4n) is 1.56. The first-order valence-electron chi connectivity index (χ1n) is 5.89. The Morgan fingerprint density at radius 3 is 2.75 bits per heavy atom. The quantitative estimate of drug-likeness (QED) is 0.743. The van der Waals surface area contributed by atoms with Crippen molar-refractivity contribution in [1.29, 1.82) is 0 Å². The standard InChI is InChI=1S/C12H23N3S/c1-10(12-9-16-11(2)14-12)13-7-5-6-8-15(3)4/h9-10,13H,5-8H2,1-4H3. The van der Waals surface area contributed by atoms with Crippen molar-refractivity contribution in [3.8, 4) is 0 Å². The molecule has 0 spiro atoms.